The van der Waals surface area contributed by atoms with Crippen LogP contribution >= 0.6 is 0 Å². The molecule has 4 atom stereocenters. The highest BCUT2D eigenvalue weighted by Crippen LogP contribution is 2.50. The second kappa shape index (κ2) is 13.9. The van der Waals surface area contributed by atoms with Gasteiger partial charge in [0.15, 0.2) is 17.5 Å². The number of hydrogen-bond donors (Lipinski definition) is 1. The van der Waals surface area contributed by atoms with Crippen LogP contribution in [0.2, 0.25) is 0 Å². The number of hydrogen-bond acceptors (Lipinski definition) is 4. The number of nitrogens with two attached hydrogens (primary N) is 1. The second-order valence-electron chi connectivity index (χ2n) is 13.6. The first-order chi connectivity index (χ1) is 25.6. The maximum Gasteiger partial charge on any atom is 0.172 e. The quantitative estimate of drug-likeness (QED) is 0.182. The molecule has 5 aromatic rings. The van der Waals surface area contributed by atoms with Crippen molar-refractivity contribution in [2.75, 3.05) is 0 Å². The highest BCUT2D eigenvalue weighted by Gasteiger charge is 2.35. The summed E-state index contributed by atoms with van der Waals surface area (Å²) in [5.41, 5.74) is 20.3. The van der Waals surface area contributed by atoms with Gasteiger partial charge in [0.25, 0.3) is 0 Å². The van der Waals surface area contributed by atoms with E-state index >= 15 is 0 Å². The lowest BCUT2D eigenvalue weighted by Gasteiger charge is -2.24. The molecule has 1 aromatic heterocycles. The Labute approximate surface area is 307 Å². The molecular weight excluding hydrogens is 633 g/mol. The lowest BCUT2D eigenvalue weighted by molar-refractivity contribution is 0.627. The molecule has 0 amide bonds. The van der Waals surface area contributed by atoms with Crippen molar-refractivity contribution < 1.29 is 0 Å². The molecule has 4 aliphatic carbocycles. The topological polar surface area (TPSA) is 64.7 Å². The first-order valence-electron chi connectivity index (χ1n) is 18.4. The summed E-state index contributed by atoms with van der Waals surface area (Å²) in [4.78, 5) is 15.6. The Hall–Kier alpha value is -6.05. The number of fused-ring (bicyclic) bond motifs is 6. The van der Waals surface area contributed by atoms with Gasteiger partial charge in [-0.3, -0.25) is 0 Å². The summed E-state index contributed by atoms with van der Waals surface area (Å²) in [6, 6.07) is 34.0. The minimum Gasteiger partial charge on any atom is -0.402 e. The van der Waals surface area contributed by atoms with Crippen LogP contribution < -0.4 is 5.73 Å². The predicted octanol–water partition coefficient (Wildman–Crippen LogP) is 10.9. The molecule has 9 rings (SSSR count). The first-order valence-corrected chi connectivity index (χ1v) is 18.4. The fourth-order valence-corrected chi connectivity index (χ4v) is 8.34. The van der Waals surface area contributed by atoms with E-state index in [0.717, 1.165) is 35.2 Å². The Kier molecular flexibility index (Phi) is 8.87. The van der Waals surface area contributed by atoms with E-state index in [9.17, 15) is 0 Å². The van der Waals surface area contributed by atoms with E-state index in [4.69, 9.17) is 20.7 Å². The standard InChI is InChI=1S/C46H36N4.C2H6/c1-3-11-41(47)30-22-20-29(21-23-30)32-24-25-33-26-34-14-9-18-39(43(34)40(33)27-32)46-49-44(31-12-5-4-6-13-31)48-45(50-46)38-19-10-17-37-36-16-8-7-15-35(36)28(2)42(37)38;1-2/h3-5,7-12,14-22,24-25,27-28,30,33,40H,1,23,26,47H2,2H3;1-2H3/b41-11-;. The van der Waals surface area contributed by atoms with Crippen molar-refractivity contribution in [2.45, 2.75) is 45.4 Å². The molecule has 0 bridgehead atoms. The molecule has 0 spiro atoms. The Bertz CT molecular complexity index is 2340. The minimum atomic E-state index is 0.200. The molecule has 0 saturated heterocycles. The molecule has 0 radical (unpaired) electrons. The summed E-state index contributed by atoms with van der Waals surface area (Å²) in [6.45, 7) is 10.1. The van der Waals surface area contributed by atoms with Gasteiger partial charge >= 0.3 is 0 Å². The molecule has 1 heterocycles. The van der Waals surface area contributed by atoms with E-state index in [0.29, 0.717) is 23.4 Å². The third kappa shape index (κ3) is 5.73. The Balaban J connectivity index is 0.00000190. The van der Waals surface area contributed by atoms with Gasteiger partial charge in [-0.2, -0.15) is 0 Å². The SMILES string of the molecule is C=C/C=C(\N)C1C=CC(C2=CC3c4c(cccc4-c4nc(-c5c#cccc5)nc(-c5cccc6c5C(C)c5ccccc5-6)n4)CC3C=C2)=CC1.CC. The molecule has 2 N–H and O–H groups in total. The van der Waals surface area contributed by atoms with Gasteiger partial charge in [0.1, 0.15) is 0 Å². The zero-order valence-electron chi connectivity index (χ0n) is 30.0. The Morgan fingerprint density at radius 2 is 1.50 bits per heavy atom. The van der Waals surface area contributed by atoms with Crippen LogP contribution in [0.5, 0.6) is 0 Å². The fraction of sp³-hybridized carbons (Fsp3) is 0.188. The predicted molar refractivity (Wildman–Crippen MR) is 213 cm³/mol. The van der Waals surface area contributed by atoms with E-state index in [1.807, 2.05) is 38.1 Å². The van der Waals surface area contributed by atoms with Crippen molar-refractivity contribution >= 4 is 0 Å². The summed E-state index contributed by atoms with van der Waals surface area (Å²) < 4.78 is 0. The summed E-state index contributed by atoms with van der Waals surface area (Å²) >= 11 is 0. The molecule has 0 saturated carbocycles. The summed E-state index contributed by atoms with van der Waals surface area (Å²) in [5, 5.41) is 0. The van der Waals surface area contributed by atoms with Crippen LogP contribution in [0.25, 0.3) is 45.3 Å². The fourth-order valence-electron chi connectivity index (χ4n) is 8.34. The van der Waals surface area contributed by atoms with Gasteiger partial charge < -0.3 is 5.73 Å². The highest BCUT2D eigenvalue weighted by molar-refractivity contribution is 5.85. The summed E-state index contributed by atoms with van der Waals surface area (Å²) in [5.74, 6) is 3.00. The second-order valence-corrected chi connectivity index (χ2v) is 13.6. The van der Waals surface area contributed by atoms with E-state index in [1.165, 1.54) is 44.5 Å². The third-order valence-electron chi connectivity index (χ3n) is 10.8. The lowest BCUT2D eigenvalue weighted by Crippen LogP contribution is -2.12. The van der Waals surface area contributed by atoms with Crippen LogP contribution in [0.1, 0.15) is 61.3 Å². The maximum atomic E-state index is 6.29. The Morgan fingerprint density at radius 1 is 0.788 bits per heavy atom. The van der Waals surface area contributed by atoms with Crippen LogP contribution in [-0.2, 0) is 6.42 Å². The number of aromatic nitrogens is 3. The van der Waals surface area contributed by atoms with Gasteiger partial charge in [0.2, 0.25) is 0 Å². The van der Waals surface area contributed by atoms with Gasteiger partial charge in [-0.25, -0.2) is 15.0 Å². The minimum absolute atomic E-state index is 0.200. The van der Waals surface area contributed by atoms with E-state index in [2.05, 4.69) is 123 Å². The van der Waals surface area contributed by atoms with Crippen LogP contribution in [0.3, 0.4) is 0 Å². The Morgan fingerprint density at radius 3 is 2.25 bits per heavy atom. The van der Waals surface area contributed by atoms with Gasteiger partial charge in [-0.15, -0.1) is 0 Å². The van der Waals surface area contributed by atoms with Gasteiger partial charge in [-0.05, 0) is 81.5 Å². The van der Waals surface area contributed by atoms with Crippen molar-refractivity contribution in [3.05, 3.63) is 185 Å². The number of nitrogens with zero attached hydrogens (tertiary/aromatic N) is 3. The van der Waals surface area contributed by atoms with Gasteiger partial charge in [0.05, 0.1) is 5.56 Å². The normalized spacial score (nSPS) is 20.6. The van der Waals surface area contributed by atoms with Gasteiger partial charge in [-0.1, -0.05) is 149 Å². The first kappa shape index (κ1) is 33.1. The van der Waals surface area contributed by atoms with Crippen molar-refractivity contribution in [2.24, 2.45) is 17.6 Å². The van der Waals surface area contributed by atoms with E-state index in [1.54, 1.807) is 6.08 Å². The average molecular weight is 675 g/mol. The van der Waals surface area contributed by atoms with Crippen LogP contribution in [0.15, 0.2) is 151 Å². The van der Waals surface area contributed by atoms with E-state index in [-0.39, 0.29) is 17.8 Å². The third-order valence-corrected chi connectivity index (χ3v) is 10.8. The number of benzene rings is 3. The maximum absolute atomic E-state index is 6.29. The van der Waals surface area contributed by atoms with Gasteiger partial charge in [0, 0.05) is 34.6 Å². The van der Waals surface area contributed by atoms with Crippen LogP contribution in [-0.4, -0.2) is 15.0 Å². The van der Waals surface area contributed by atoms with Crippen LogP contribution in [0.4, 0.5) is 0 Å². The molecule has 4 unspecified atom stereocenters. The lowest BCUT2D eigenvalue weighted by atomic mass is 9.81. The molecule has 52 heavy (non-hydrogen) atoms. The molecule has 254 valence electrons. The monoisotopic (exact) mass is 674 g/mol. The molecule has 4 aromatic carbocycles. The number of rotatable bonds is 6. The molecule has 4 nitrogen and oxygen atoms in total. The summed E-state index contributed by atoms with van der Waals surface area (Å²) in [7, 11) is 0. The molecular formula is C48H42N4. The average Bonchev–Trinajstić information content (AvgIpc) is 3.73. The van der Waals surface area contributed by atoms with E-state index < -0.39 is 0 Å². The smallest absolute Gasteiger partial charge is 0.172 e. The summed E-state index contributed by atoms with van der Waals surface area (Å²) in [6.07, 6.45) is 19.4. The zero-order chi connectivity index (χ0) is 35.8. The molecule has 4 aliphatic rings. The zero-order valence-corrected chi connectivity index (χ0v) is 30.0. The molecule has 0 aliphatic heterocycles. The molecule has 0 fully saturated rings. The van der Waals surface area contributed by atoms with Crippen molar-refractivity contribution in [3.8, 4) is 45.3 Å². The van der Waals surface area contributed by atoms with Crippen molar-refractivity contribution in [3.63, 3.8) is 0 Å². The largest absolute Gasteiger partial charge is 0.402 e. The van der Waals surface area contributed by atoms with Crippen LogP contribution in [0, 0.1) is 24.0 Å². The molecule has 4 heteroatoms. The highest BCUT2D eigenvalue weighted by atomic mass is 15.0. The van der Waals surface area contributed by atoms with Crippen molar-refractivity contribution in [1.82, 2.24) is 15.0 Å². The van der Waals surface area contributed by atoms with Crippen molar-refractivity contribution in [1.29, 1.82) is 0 Å². The number of allylic oxidation sites excluding steroid dienone is 10.